The molecule has 0 unspecified atom stereocenters. The number of aliphatic hydroxyl groups excluding tert-OH is 1. The molecule has 0 radical (unpaired) electrons. The van der Waals surface area contributed by atoms with Gasteiger partial charge in [0.2, 0.25) is 0 Å². The zero-order valence-electron chi connectivity index (χ0n) is 17.8. The van der Waals surface area contributed by atoms with Crippen molar-refractivity contribution in [3.63, 3.8) is 0 Å². The first-order valence-electron chi connectivity index (χ1n) is 10.6. The molecule has 1 atom stereocenters. The van der Waals surface area contributed by atoms with Gasteiger partial charge in [-0.3, -0.25) is 9.59 Å². The van der Waals surface area contributed by atoms with Crippen LogP contribution in [0.1, 0.15) is 30.5 Å². The number of likely N-dealkylation sites (tertiary alicyclic amines) is 1. The molecule has 3 aromatic rings. The van der Waals surface area contributed by atoms with Crippen LogP contribution in [0.25, 0.3) is 5.76 Å². The van der Waals surface area contributed by atoms with Crippen LogP contribution in [0.15, 0.2) is 78.9 Å². The molecule has 1 aromatic heterocycles. The number of hydrogen-bond acceptors (Lipinski definition) is 5. The van der Waals surface area contributed by atoms with Gasteiger partial charge in [-0.2, -0.15) is 0 Å². The molecule has 0 saturated carbocycles. The Labute approximate surface area is 186 Å². The molecule has 1 aliphatic rings. The summed E-state index contributed by atoms with van der Waals surface area (Å²) in [5.74, 6) is -0.740. The molecule has 1 N–H and O–H groups in total. The Morgan fingerprint density at radius 1 is 1.06 bits per heavy atom. The van der Waals surface area contributed by atoms with Crippen molar-refractivity contribution in [2.75, 3.05) is 13.2 Å². The number of rotatable bonds is 8. The van der Waals surface area contributed by atoms with Crippen LogP contribution in [0.4, 0.5) is 0 Å². The molecule has 164 valence electrons. The summed E-state index contributed by atoms with van der Waals surface area (Å²) in [7, 11) is 0. The molecule has 0 bridgehead atoms. The number of Topliss-reactive ketones (excluding diaryl/α,β-unsaturated/α-hetero) is 1. The van der Waals surface area contributed by atoms with Crippen LogP contribution in [-0.4, -0.2) is 44.4 Å². The van der Waals surface area contributed by atoms with Crippen molar-refractivity contribution in [3.05, 3.63) is 90.0 Å². The van der Waals surface area contributed by atoms with E-state index < -0.39 is 17.7 Å². The predicted molar refractivity (Wildman–Crippen MR) is 120 cm³/mol. The van der Waals surface area contributed by atoms with Gasteiger partial charge in [0.05, 0.1) is 24.5 Å². The molecular formula is C25H25N3O4. The van der Waals surface area contributed by atoms with E-state index in [0.717, 1.165) is 5.56 Å². The number of hydrogen-bond donors (Lipinski definition) is 1. The van der Waals surface area contributed by atoms with E-state index in [1.165, 1.54) is 0 Å². The van der Waals surface area contributed by atoms with Crippen molar-refractivity contribution in [1.29, 1.82) is 0 Å². The lowest BCUT2D eigenvalue weighted by Crippen LogP contribution is -2.31. The first-order valence-corrected chi connectivity index (χ1v) is 10.6. The van der Waals surface area contributed by atoms with Gasteiger partial charge in [-0.15, -0.1) is 0 Å². The number of benzene rings is 2. The lowest BCUT2D eigenvalue weighted by molar-refractivity contribution is -0.139. The third-order valence-corrected chi connectivity index (χ3v) is 5.47. The second kappa shape index (κ2) is 9.51. The molecule has 1 saturated heterocycles. The topological polar surface area (TPSA) is 84.7 Å². The van der Waals surface area contributed by atoms with Gasteiger partial charge < -0.3 is 19.3 Å². The van der Waals surface area contributed by atoms with Gasteiger partial charge in [0.15, 0.2) is 0 Å². The molecule has 0 aliphatic carbocycles. The van der Waals surface area contributed by atoms with Crippen LogP contribution >= 0.6 is 0 Å². The van der Waals surface area contributed by atoms with Crippen LogP contribution in [-0.2, 0) is 16.1 Å². The number of aromatic nitrogens is 2. The summed E-state index contributed by atoms with van der Waals surface area (Å²) in [6.45, 7) is 3.48. The molecule has 0 spiro atoms. The van der Waals surface area contributed by atoms with E-state index in [0.29, 0.717) is 37.4 Å². The molecule has 1 fully saturated rings. The maximum atomic E-state index is 13.0. The summed E-state index contributed by atoms with van der Waals surface area (Å²) in [4.78, 5) is 31.6. The molecule has 1 aliphatic heterocycles. The average molecular weight is 431 g/mol. The summed E-state index contributed by atoms with van der Waals surface area (Å²) in [5, 5.41) is 11.0. The SMILES string of the molecule is CCOc1ccc([C@H]2C(=C(O)c3ccccc3)C(=O)C(=O)N2CCCn2ccnc2)cc1. The van der Waals surface area contributed by atoms with Crippen LogP contribution in [0.5, 0.6) is 5.75 Å². The maximum Gasteiger partial charge on any atom is 0.295 e. The molecule has 1 amide bonds. The first kappa shape index (κ1) is 21.4. The van der Waals surface area contributed by atoms with Crippen molar-refractivity contribution >= 4 is 17.4 Å². The first-order chi connectivity index (χ1) is 15.6. The number of aliphatic hydroxyl groups is 1. The van der Waals surface area contributed by atoms with Crippen LogP contribution < -0.4 is 4.74 Å². The number of imidazole rings is 1. The van der Waals surface area contributed by atoms with E-state index in [-0.39, 0.29) is 11.3 Å². The van der Waals surface area contributed by atoms with E-state index in [1.54, 1.807) is 41.7 Å². The zero-order chi connectivity index (χ0) is 22.5. The monoisotopic (exact) mass is 431 g/mol. The quantitative estimate of drug-likeness (QED) is 0.333. The standard InChI is InChI=1S/C25H25N3O4/c1-2-32-20-11-9-18(10-12-20)22-21(23(29)19-7-4-3-5-8-19)24(30)25(31)28(22)15-6-14-27-16-13-26-17-27/h3-5,7-13,16-17,22,29H,2,6,14-15H2,1H3/t22-/m0/s1. The van der Waals surface area contributed by atoms with E-state index in [1.807, 2.05) is 48.0 Å². The Morgan fingerprint density at radius 2 is 1.81 bits per heavy atom. The fourth-order valence-electron chi connectivity index (χ4n) is 3.96. The average Bonchev–Trinajstić information content (AvgIpc) is 3.42. The van der Waals surface area contributed by atoms with Crippen molar-refractivity contribution in [2.45, 2.75) is 25.9 Å². The third kappa shape index (κ3) is 4.27. The van der Waals surface area contributed by atoms with Crippen molar-refractivity contribution in [1.82, 2.24) is 14.5 Å². The molecule has 7 nitrogen and oxygen atoms in total. The lowest BCUT2D eigenvalue weighted by atomic mass is 9.95. The van der Waals surface area contributed by atoms with Gasteiger partial charge in [0.25, 0.3) is 11.7 Å². The summed E-state index contributed by atoms with van der Waals surface area (Å²) in [5.41, 5.74) is 1.35. The molecule has 2 heterocycles. The molecule has 2 aromatic carbocycles. The molecule has 32 heavy (non-hydrogen) atoms. The number of carbonyl (C=O) groups excluding carboxylic acids is 2. The van der Waals surface area contributed by atoms with Gasteiger partial charge in [0, 0.05) is 31.0 Å². The van der Waals surface area contributed by atoms with E-state index in [9.17, 15) is 14.7 Å². The largest absolute Gasteiger partial charge is 0.507 e. The smallest absolute Gasteiger partial charge is 0.295 e. The lowest BCUT2D eigenvalue weighted by Gasteiger charge is -2.25. The predicted octanol–water partition coefficient (Wildman–Crippen LogP) is 3.79. The highest BCUT2D eigenvalue weighted by Gasteiger charge is 2.45. The highest BCUT2D eigenvalue weighted by molar-refractivity contribution is 6.46. The Morgan fingerprint density at radius 3 is 2.47 bits per heavy atom. The summed E-state index contributed by atoms with van der Waals surface area (Å²) in [6.07, 6.45) is 5.91. The summed E-state index contributed by atoms with van der Waals surface area (Å²) < 4.78 is 7.45. The highest BCUT2D eigenvalue weighted by atomic mass is 16.5. The van der Waals surface area contributed by atoms with Gasteiger partial charge in [0.1, 0.15) is 11.5 Å². The van der Waals surface area contributed by atoms with Gasteiger partial charge in [-0.05, 0) is 31.0 Å². The second-order valence-electron chi connectivity index (χ2n) is 7.51. The van der Waals surface area contributed by atoms with Crippen LogP contribution in [0.3, 0.4) is 0 Å². The van der Waals surface area contributed by atoms with Crippen molar-refractivity contribution in [2.24, 2.45) is 0 Å². The summed E-state index contributed by atoms with van der Waals surface area (Å²) in [6, 6.07) is 15.5. The van der Waals surface area contributed by atoms with E-state index >= 15 is 0 Å². The Kier molecular flexibility index (Phi) is 6.35. The summed E-state index contributed by atoms with van der Waals surface area (Å²) >= 11 is 0. The Bertz CT molecular complexity index is 1110. The number of ether oxygens (including phenoxy) is 1. The third-order valence-electron chi connectivity index (χ3n) is 5.47. The van der Waals surface area contributed by atoms with E-state index in [4.69, 9.17) is 4.74 Å². The number of ketones is 1. The van der Waals surface area contributed by atoms with Crippen LogP contribution in [0, 0.1) is 0 Å². The molecule has 7 heteroatoms. The van der Waals surface area contributed by atoms with Gasteiger partial charge >= 0.3 is 0 Å². The van der Waals surface area contributed by atoms with Gasteiger partial charge in [-0.1, -0.05) is 42.5 Å². The number of nitrogens with zero attached hydrogens (tertiary/aromatic N) is 3. The van der Waals surface area contributed by atoms with Crippen molar-refractivity contribution in [3.8, 4) is 5.75 Å². The minimum Gasteiger partial charge on any atom is -0.507 e. The fourth-order valence-corrected chi connectivity index (χ4v) is 3.96. The number of aryl methyl sites for hydroxylation is 1. The zero-order valence-corrected chi connectivity index (χ0v) is 17.8. The Balaban J connectivity index is 1.70. The molecule has 4 rings (SSSR count). The Hall–Kier alpha value is -3.87. The van der Waals surface area contributed by atoms with Gasteiger partial charge in [-0.25, -0.2) is 4.98 Å². The highest BCUT2D eigenvalue weighted by Crippen LogP contribution is 2.39. The minimum atomic E-state index is -0.673. The maximum absolute atomic E-state index is 13.0. The second-order valence-corrected chi connectivity index (χ2v) is 7.51. The number of carbonyl (C=O) groups is 2. The van der Waals surface area contributed by atoms with Crippen LogP contribution in [0.2, 0.25) is 0 Å². The molecular weight excluding hydrogens is 406 g/mol. The van der Waals surface area contributed by atoms with E-state index in [2.05, 4.69) is 4.98 Å². The number of amides is 1. The van der Waals surface area contributed by atoms with Crippen molar-refractivity contribution < 1.29 is 19.4 Å². The minimum absolute atomic E-state index is 0.105. The fraction of sp³-hybridized carbons (Fsp3) is 0.240. The normalized spacial score (nSPS) is 17.7.